The molecule has 0 unspecified atom stereocenters. The van der Waals surface area contributed by atoms with Gasteiger partial charge in [0.25, 0.3) is 5.91 Å². The highest BCUT2D eigenvalue weighted by molar-refractivity contribution is 6.33. The van der Waals surface area contributed by atoms with E-state index in [1.165, 1.54) is 12.3 Å². The summed E-state index contributed by atoms with van der Waals surface area (Å²) < 4.78 is 5.22. The fraction of sp³-hybridized carbons (Fsp3) is 0.455. The number of ether oxygens (including phenoxy) is 1. The van der Waals surface area contributed by atoms with E-state index in [1.54, 1.807) is 0 Å². The molecule has 1 aliphatic rings. The summed E-state index contributed by atoms with van der Waals surface area (Å²) in [4.78, 5) is 15.8. The van der Waals surface area contributed by atoms with Gasteiger partial charge in [0, 0.05) is 25.5 Å². The van der Waals surface area contributed by atoms with Crippen LogP contribution in [0.15, 0.2) is 12.3 Å². The van der Waals surface area contributed by atoms with Crippen LogP contribution in [0.1, 0.15) is 23.2 Å². The molecule has 0 aromatic carbocycles. The second-order valence-corrected chi connectivity index (χ2v) is 4.36. The van der Waals surface area contributed by atoms with Gasteiger partial charge < -0.3 is 15.8 Å². The molecule has 1 saturated heterocycles. The van der Waals surface area contributed by atoms with Crippen molar-refractivity contribution in [3.05, 3.63) is 22.8 Å². The zero-order chi connectivity index (χ0) is 12.3. The molecule has 2 rings (SSSR count). The molecule has 0 bridgehead atoms. The van der Waals surface area contributed by atoms with E-state index in [-0.39, 0.29) is 17.8 Å². The quantitative estimate of drug-likeness (QED) is 0.833. The predicted octanol–water partition coefficient (Wildman–Crippen LogP) is 1.23. The highest BCUT2D eigenvalue weighted by atomic mass is 35.5. The molecular weight excluding hydrogens is 242 g/mol. The normalized spacial score (nSPS) is 16.8. The van der Waals surface area contributed by atoms with Crippen LogP contribution >= 0.6 is 11.6 Å². The molecule has 3 N–H and O–H groups in total. The van der Waals surface area contributed by atoms with E-state index >= 15 is 0 Å². The molecule has 2 heterocycles. The van der Waals surface area contributed by atoms with E-state index in [2.05, 4.69) is 10.3 Å². The van der Waals surface area contributed by atoms with Crippen molar-refractivity contribution in [1.29, 1.82) is 0 Å². The van der Waals surface area contributed by atoms with Crippen molar-refractivity contribution >= 4 is 23.3 Å². The first-order chi connectivity index (χ1) is 8.16. The van der Waals surface area contributed by atoms with Gasteiger partial charge >= 0.3 is 0 Å². The first-order valence-corrected chi connectivity index (χ1v) is 5.84. The SMILES string of the molecule is Nc1cc(C(=O)NC2CCOCC2)c(Cl)cn1. The number of rotatable bonds is 2. The lowest BCUT2D eigenvalue weighted by Gasteiger charge is -2.23. The predicted molar refractivity (Wildman–Crippen MR) is 65.0 cm³/mol. The minimum absolute atomic E-state index is 0.140. The van der Waals surface area contributed by atoms with Crippen LogP contribution < -0.4 is 11.1 Å². The second-order valence-electron chi connectivity index (χ2n) is 3.95. The number of hydrogen-bond donors (Lipinski definition) is 2. The van der Waals surface area contributed by atoms with E-state index in [0.29, 0.717) is 23.8 Å². The maximum absolute atomic E-state index is 12.0. The van der Waals surface area contributed by atoms with E-state index in [4.69, 9.17) is 22.1 Å². The summed E-state index contributed by atoms with van der Waals surface area (Å²) in [6, 6.07) is 1.62. The maximum atomic E-state index is 12.0. The lowest BCUT2D eigenvalue weighted by atomic mass is 10.1. The molecular formula is C11H14ClN3O2. The zero-order valence-electron chi connectivity index (χ0n) is 9.28. The van der Waals surface area contributed by atoms with Crippen LogP contribution in [0, 0.1) is 0 Å². The Hall–Kier alpha value is -1.33. The largest absolute Gasteiger partial charge is 0.384 e. The molecule has 5 nitrogen and oxygen atoms in total. The van der Waals surface area contributed by atoms with Gasteiger partial charge in [0.2, 0.25) is 0 Å². The number of carbonyl (C=O) groups is 1. The number of nitrogens with one attached hydrogen (secondary N) is 1. The average molecular weight is 256 g/mol. The summed E-state index contributed by atoms with van der Waals surface area (Å²) in [7, 11) is 0. The van der Waals surface area contributed by atoms with E-state index in [0.717, 1.165) is 12.8 Å². The number of amides is 1. The van der Waals surface area contributed by atoms with Crippen molar-refractivity contribution in [2.75, 3.05) is 18.9 Å². The number of hydrogen-bond acceptors (Lipinski definition) is 4. The number of anilines is 1. The number of carbonyl (C=O) groups excluding carboxylic acids is 1. The summed E-state index contributed by atoms with van der Waals surface area (Å²) in [5, 5.41) is 3.23. The van der Waals surface area contributed by atoms with Crippen molar-refractivity contribution in [2.24, 2.45) is 0 Å². The standard InChI is InChI=1S/C11H14ClN3O2/c12-9-6-14-10(13)5-8(9)11(16)15-7-1-3-17-4-2-7/h5-7H,1-4H2,(H2,13,14)(H,15,16). The third-order valence-electron chi connectivity index (χ3n) is 2.68. The van der Waals surface area contributed by atoms with Crippen molar-refractivity contribution in [3.63, 3.8) is 0 Å². The Labute approximate surface area is 104 Å². The molecule has 6 heteroatoms. The number of aromatic nitrogens is 1. The van der Waals surface area contributed by atoms with Crippen LogP contribution in [0.25, 0.3) is 0 Å². The number of nitrogens with two attached hydrogens (primary N) is 1. The molecule has 1 fully saturated rings. The summed E-state index contributed by atoms with van der Waals surface area (Å²) in [5.41, 5.74) is 5.90. The Bertz CT molecular complexity index is 419. The molecule has 1 aromatic rings. The van der Waals surface area contributed by atoms with Crippen molar-refractivity contribution in [2.45, 2.75) is 18.9 Å². The molecule has 17 heavy (non-hydrogen) atoms. The zero-order valence-corrected chi connectivity index (χ0v) is 10.0. The van der Waals surface area contributed by atoms with Gasteiger partial charge in [-0.1, -0.05) is 11.6 Å². The smallest absolute Gasteiger partial charge is 0.253 e. The number of nitrogens with zero attached hydrogens (tertiary/aromatic N) is 1. The van der Waals surface area contributed by atoms with Gasteiger partial charge in [-0.3, -0.25) is 4.79 Å². The second kappa shape index (κ2) is 5.33. The molecule has 0 atom stereocenters. The summed E-state index contributed by atoms with van der Waals surface area (Å²) in [6.45, 7) is 1.36. The van der Waals surface area contributed by atoms with Crippen molar-refractivity contribution < 1.29 is 9.53 Å². The van der Waals surface area contributed by atoms with Crippen LogP contribution in [-0.2, 0) is 4.74 Å². The van der Waals surface area contributed by atoms with Crippen LogP contribution in [0.4, 0.5) is 5.82 Å². The first-order valence-electron chi connectivity index (χ1n) is 5.46. The highest BCUT2D eigenvalue weighted by Crippen LogP contribution is 2.17. The van der Waals surface area contributed by atoms with E-state index in [1.807, 2.05) is 0 Å². The fourth-order valence-electron chi connectivity index (χ4n) is 1.73. The van der Waals surface area contributed by atoms with E-state index in [9.17, 15) is 4.79 Å². The van der Waals surface area contributed by atoms with Crippen molar-refractivity contribution in [3.8, 4) is 0 Å². The number of halogens is 1. The van der Waals surface area contributed by atoms with Gasteiger partial charge in [-0.05, 0) is 18.9 Å². The first kappa shape index (κ1) is 12.1. The topological polar surface area (TPSA) is 77.2 Å². The van der Waals surface area contributed by atoms with Crippen molar-refractivity contribution in [1.82, 2.24) is 10.3 Å². The molecule has 0 spiro atoms. The Kier molecular flexibility index (Phi) is 3.81. The lowest BCUT2D eigenvalue weighted by molar-refractivity contribution is 0.0696. The average Bonchev–Trinajstić information content (AvgIpc) is 2.33. The number of nitrogen functional groups attached to an aromatic ring is 1. The summed E-state index contributed by atoms with van der Waals surface area (Å²) in [6.07, 6.45) is 3.03. The minimum Gasteiger partial charge on any atom is -0.384 e. The monoisotopic (exact) mass is 255 g/mol. The number of pyridine rings is 1. The third-order valence-corrected chi connectivity index (χ3v) is 2.98. The Balaban J connectivity index is 2.05. The highest BCUT2D eigenvalue weighted by Gasteiger charge is 2.18. The molecule has 1 aliphatic heterocycles. The maximum Gasteiger partial charge on any atom is 0.253 e. The minimum atomic E-state index is -0.212. The Morgan fingerprint density at radius 3 is 2.94 bits per heavy atom. The molecule has 0 aliphatic carbocycles. The lowest BCUT2D eigenvalue weighted by Crippen LogP contribution is -2.39. The van der Waals surface area contributed by atoms with Gasteiger partial charge in [-0.15, -0.1) is 0 Å². The van der Waals surface area contributed by atoms with Gasteiger partial charge in [0.15, 0.2) is 0 Å². The Morgan fingerprint density at radius 2 is 2.24 bits per heavy atom. The molecule has 0 radical (unpaired) electrons. The fourth-order valence-corrected chi connectivity index (χ4v) is 1.92. The van der Waals surface area contributed by atoms with Crippen LogP contribution in [0.3, 0.4) is 0 Å². The van der Waals surface area contributed by atoms with Crippen LogP contribution in [0.5, 0.6) is 0 Å². The van der Waals surface area contributed by atoms with Crippen LogP contribution in [0.2, 0.25) is 5.02 Å². The summed E-state index contributed by atoms with van der Waals surface area (Å²) >= 11 is 5.91. The molecule has 0 saturated carbocycles. The molecule has 92 valence electrons. The molecule has 1 amide bonds. The van der Waals surface area contributed by atoms with Gasteiger partial charge in [0.05, 0.1) is 10.6 Å². The molecule has 1 aromatic heterocycles. The van der Waals surface area contributed by atoms with Gasteiger partial charge in [-0.2, -0.15) is 0 Å². The third kappa shape index (κ3) is 3.08. The van der Waals surface area contributed by atoms with E-state index < -0.39 is 0 Å². The summed E-state index contributed by atoms with van der Waals surface area (Å²) in [5.74, 6) is 0.0718. The van der Waals surface area contributed by atoms with Gasteiger partial charge in [-0.25, -0.2) is 4.98 Å². The van der Waals surface area contributed by atoms with Gasteiger partial charge in [0.1, 0.15) is 5.82 Å². The Morgan fingerprint density at radius 1 is 1.53 bits per heavy atom. The van der Waals surface area contributed by atoms with Crippen LogP contribution in [-0.4, -0.2) is 30.1 Å².